The molecule has 0 saturated heterocycles. The van der Waals surface area contributed by atoms with E-state index in [9.17, 15) is 0 Å². The van der Waals surface area contributed by atoms with Crippen LogP contribution < -0.4 is 0 Å². The monoisotopic (exact) mass is 181 g/mol. The second kappa shape index (κ2) is 1.29. The number of hydrogen-bond donors (Lipinski definition) is 0. The normalized spacial score (nSPS) is 19.7. The van der Waals surface area contributed by atoms with Crippen molar-refractivity contribution in [2.75, 3.05) is 0 Å². The number of rotatable bonds is 0. The summed E-state index contributed by atoms with van der Waals surface area (Å²) < 4.78 is 9.92. The van der Waals surface area contributed by atoms with Gasteiger partial charge in [-0.1, -0.05) is 0 Å². The summed E-state index contributed by atoms with van der Waals surface area (Å²) in [5.74, 6) is 0. The molecule has 0 N–H and O–H groups in total. The summed E-state index contributed by atoms with van der Waals surface area (Å²) in [7, 11) is 1.48. The van der Waals surface area contributed by atoms with E-state index in [1.165, 1.54) is 7.37 Å². The van der Waals surface area contributed by atoms with Crippen LogP contribution in [0.25, 0.3) is 0 Å². The van der Waals surface area contributed by atoms with Crippen LogP contribution in [0.3, 0.4) is 0 Å². The molecule has 0 heterocycles. The molecule has 0 spiro atoms. The molecule has 0 atom stereocenters. The summed E-state index contributed by atoms with van der Waals surface area (Å²) in [5.41, 5.74) is 0. The maximum atomic E-state index is 2.48. The van der Waals surface area contributed by atoms with E-state index in [1.54, 1.807) is 0 Å². The van der Waals surface area contributed by atoms with Crippen molar-refractivity contribution in [1.29, 1.82) is 0 Å². The van der Waals surface area contributed by atoms with E-state index in [-0.39, 0.29) is 0 Å². The Hall–Kier alpha value is 1.10. The molecule has 0 aliphatic rings. The van der Waals surface area contributed by atoms with Crippen LogP contribution in [0.2, 0.25) is 18.5 Å². The van der Waals surface area contributed by atoms with Crippen molar-refractivity contribution < 1.29 is 17.9 Å². The van der Waals surface area contributed by atoms with Gasteiger partial charge in [-0.05, 0) is 0 Å². The molecule has 0 aliphatic carbocycles. The molecule has 0 aromatic carbocycles. The van der Waals surface area contributed by atoms with Crippen molar-refractivity contribution in [2.45, 2.75) is 18.5 Å². The second-order valence-corrected chi connectivity index (χ2v) is 53.2. The molecule has 39 valence electrons. The third-order valence-corrected chi connectivity index (χ3v) is 0. The summed E-state index contributed by atoms with van der Waals surface area (Å²) >= 11 is -1.62. The Morgan fingerprint density at radius 3 is 1.00 bits per heavy atom. The first kappa shape index (κ1) is 7.10. The van der Waals surface area contributed by atoms with Gasteiger partial charge in [0.1, 0.15) is 0 Å². The Morgan fingerprint density at radius 2 is 1.00 bits per heavy atom. The van der Waals surface area contributed by atoms with Gasteiger partial charge in [0.05, 0.1) is 0 Å². The first-order valence-corrected chi connectivity index (χ1v) is 20.7. The predicted octanol–water partition coefficient (Wildman–Crippen LogP) is 1.15. The molecule has 0 rings (SSSR count). The average molecular weight is 182 g/mol. The van der Waals surface area contributed by atoms with Gasteiger partial charge in [-0.2, -0.15) is 0 Å². The SMILES string of the molecule is [CH3][Zr]([CH3])([CH3])([CH3])[SiH3]. The molecular weight excluding hydrogens is 167 g/mol. The van der Waals surface area contributed by atoms with Crippen molar-refractivity contribution in [1.82, 2.24) is 0 Å². The van der Waals surface area contributed by atoms with Gasteiger partial charge in [0.25, 0.3) is 0 Å². The van der Waals surface area contributed by atoms with Crippen molar-refractivity contribution in [3.05, 3.63) is 0 Å². The Bertz CT molecular complexity index is 40.7. The summed E-state index contributed by atoms with van der Waals surface area (Å²) in [6.07, 6.45) is 0. The molecule has 0 bridgehead atoms. The molecule has 0 amide bonds. The van der Waals surface area contributed by atoms with Gasteiger partial charge in [-0.3, -0.25) is 0 Å². The summed E-state index contributed by atoms with van der Waals surface area (Å²) in [5, 5.41) is 0. The van der Waals surface area contributed by atoms with Crippen LogP contribution in [-0.2, 0) is 17.9 Å². The topological polar surface area (TPSA) is 0 Å². The summed E-state index contributed by atoms with van der Waals surface area (Å²) in [4.78, 5) is 0. The van der Waals surface area contributed by atoms with Crippen LogP contribution >= 0.6 is 0 Å². The van der Waals surface area contributed by atoms with E-state index >= 15 is 0 Å². The molecular formula is C4H15SiZr. The molecule has 0 aliphatic heterocycles. The fraction of sp³-hybridized carbons (Fsp3) is 1.00. The van der Waals surface area contributed by atoms with Gasteiger partial charge >= 0.3 is 43.8 Å². The van der Waals surface area contributed by atoms with Gasteiger partial charge in [0.15, 0.2) is 0 Å². The van der Waals surface area contributed by atoms with Crippen LogP contribution in [0.5, 0.6) is 0 Å². The summed E-state index contributed by atoms with van der Waals surface area (Å²) in [6.45, 7) is 0. The minimum atomic E-state index is -1.62. The van der Waals surface area contributed by atoms with Crippen LogP contribution in [0.4, 0.5) is 0 Å². The molecule has 0 aromatic rings. The van der Waals surface area contributed by atoms with E-state index in [4.69, 9.17) is 0 Å². The predicted molar refractivity (Wildman–Crippen MR) is 33.4 cm³/mol. The van der Waals surface area contributed by atoms with Gasteiger partial charge in [0.2, 0.25) is 0 Å². The molecule has 0 fully saturated rings. The van der Waals surface area contributed by atoms with E-state index in [1.807, 2.05) is 0 Å². The molecule has 0 radical (unpaired) electrons. The van der Waals surface area contributed by atoms with Gasteiger partial charge in [-0.15, -0.1) is 0 Å². The molecule has 0 unspecified atom stereocenters. The molecule has 2 heteroatoms. The number of hydrogen-bond acceptors (Lipinski definition) is 0. The van der Waals surface area contributed by atoms with Crippen LogP contribution in [0, 0.1) is 0 Å². The zero-order valence-corrected chi connectivity index (χ0v) is 9.96. The first-order chi connectivity index (χ1) is 2.24. The van der Waals surface area contributed by atoms with Crippen molar-refractivity contribution in [3.8, 4) is 0 Å². The minimum absolute atomic E-state index is 1.48. The van der Waals surface area contributed by atoms with E-state index < -0.39 is 17.9 Å². The fourth-order valence-corrected chi connectivity index (χ4v) is 0. The molecule has 0 saturated carbocycles. The van der Waals surface area contributed by atoms with Crippen LogP contribution in [0.15, 0.2) is 0 Å². The molecule has 0 nitrogen and oxygen atoms in total. The Balaban J connectivity index is 3.73. The van der Waals surface area contributed by atoms with Crippen molar-refractivity contribution >= 4 is 7.37 Å². The van der Waals surface area contributed by atoms with Crippen LogP contribution in [-0.4, -0.2) is 7.37 Å². The quantitative estimate of drug-likeness (QED) is 0.493. The average Bonchev–Trinajstić information content (AvgIpc) is 0.650. The van der Waals surface area contributed by atoms with Crippen molar-refractivity contribution in [2.24, 2.45) is 0 Å². The molecule has 6 heavy (non-hydrogen) atoms. The van der Waals surface area contributed by atoms with Gasteiger partial charge in [-0.25, -0.2) is 0 Å². The standard InChI is InChI=1S/4CH3.H3Si.Zr/h5*1H3;. The fourth-order valence-electron chi connectivity index (χ4n) is 0. The van der Waals surface area contributed by atoms with Gasteiger partial charge < -0.3 is 0 Å². The Labute approximate surface area is 43.8 Å². The van der Waals surface area contributed by atoms with Gasteiger partial charge in [0, 0.05) is 0 Å². The Kier molecular flexibility index (Phi) is 1.52. The second-order valence-electron chi connectivity index (χ2n) is 5.00. The zero-order chi connectivity index (χ0) is 5.45. The third-order valence-electron chi connectivity index (χ3n) is 0. The van der Waals surface area contributed by atoms with E-state index in [0.29, 0.717) is 0 Å². The third kappa shape index (κ3) is 70.9. The molecule has 0 aromatic heterocycles. The van der Waals surface area contributed by atoms with Crippen LogP contribution in [0.1, 0.15) is 0 Å². The van der Waals surface area contributed by atoms with E-state index in [2.05, 4.69) is 18.5 Å². The van der Waals surface area contributed by atoms with E-state index in [0.717, 1.165) is 0 Å². The maximum absolute atomic E-state index is 2.48. The van der Waals surface area contributed by atoms with Crippen molar-refractivity contribution in [3.63, 3.8) is 0 Å². The summed E-state index contributed by atoms with van der Waals surface area (Å²) in [6, 6.07) is 0. The Morgan fingerprint density at radius 1 is 1.00 bits per heavy atom. The first-order valence-electron chi connectivity index (χ1n) is 2.50. The zero-order valence-electron chi connectivity index (χ0n) is 5.50.